The van der Waals surface area contributed by atoms with Crippen LogP contribution in [-0.4, -0.2) is 15.7 Å². The Balaban J connectivity index is 2.14. The molecule has 0 unspecified atom stereocenters. The molecule has 3 nitrogen and oxygen atoms in total. The van der Waals surface area contributed by atoms with E-state index in [1.165, 1.54) is 11.3 Å². The van der Waals surface area contributed by atoms with Crippen molar-refractivity contribution in [2.24, 2.45) is 11.3 Å². The van der Waals surface area contributed by atoms with Crippen LogP contribution in [0.3, 0.4) is 0 Å². The molecule has 0 radical (unpaired) electrons. The van der Waals surface area contributed by atoms with Gasteiger partial charge in [0.2, 0.25) is 5.91 Å². The lowest BCUT2D eigenvalue weighted by Gasteiger charge is -2.08. The summed E-state index contributed by atoms with van der Waals surface area (Å²) in [7, 11) is 0. The van der Waals surface area contributed by atoms with Crippen LogP contribution in [0.25, 0.3) is 0 Å². The van der Waals surface area contributed by atoms with Crippen LogP contribution < -0.4 is 0 Å². The van der Waals surface area contributed by atoms with Gasteiger partial charge in [-0.2, -0.15) is 5.10 Å². The van der Waals surface area contributed by atoms with Crippen LogP contribution in [0.2, 0.25) is 0 Å². The Morgan fingerprint density at radius 2 is 2.20 bits per heavy atom. The minimum absolute atomic E-state index is 0.0402. The third kappa shape index (κ3) is 0.912. The number of fused-ring (bicyclic) bond motifs is 3. The highest BCUT2D eigenvalue weighted by molar-refractivity contribution is 5.77. The molecular weight excluding hydrogens is 188 g/mol. The van der Waals surface area contributed by atoms with Gasteiger partial charge in [-0.1, -0.05) is 13.8 Å². The average molecular weight is 204 g/mol. The van der Waals surface area contributed by atoms with Crippen molar-refractivity contribution in [3.63, 3.8) is 0 Å². The van der Waals surface area contributed by atoms with Crippen molar-refractivity contribution >= 4 is 5.91 Å². The highest BCUT2D eigenvalue weighted by Gasteiger charge is 2.63. The fourth-order valence-electron chi connectivity index (χ4n) is 3.36. The topological polar surface area (TPSA) is 34.9 Å². The summed E-state index contributed by atoms with van der Waals surface area (Å²) in [6.45, 7) is 8.24. The Labute approximate surface area is 89.5 Å². The minimum Gasteiger partial charge on any atom is -0.273 e. The van der Waals surface area contributed by atoms with E-state index >= 15 is 0 Å². The molecule has 0 aliphatic heterocycles. The van der Waals surface area contributed by atoms with E-state index in [1.807, 2.05) is 6.92 Å². The summed E-state index contributed by atoms with van der Waals surface area (Å²) in [5, 5.41) is 4.34. The van der Waals surface area contributed by atoms with Crippen LogP contribution in [-0.2, 0) is 6.42 Å². The molecule has 1 saturated carbocycles. The van der Waals surface area contributed by atoms with Gasteiger partial charge >= 0.3 is 0 Å². The normalized spacial score (nSPS) is 29.9. The fraction of sp³-hybridized carbons (Fsp3) is 0.667. The molecule has 3 rings (SSSR count). The number of aryl methyl sites for hydroxylation is 1. The Morgan fingerprint density at radius 3 is 2.80 bits per heavy atom. The molecule has 80 valence electrons. The van der Waals surface area contributed by atoms with Crippen molar-refractivity contribution in [3.8, 4) is 0 Å². The number of hydrogen-bond donors (Lipinski definition) is 0. The zero-order chi connectivity index (χ0) is 11.0. The Hall–Kier alpha value is -1.12. The van der Waals surface area contributed by atoms with E-state index in [1.54, 1.807) is 11.6 Å². The Kier molecular flexibility index (Phi) is 1.42. The fourth-order valence-corrected chi connectivity index (χ4v) is 3.36. The van der Waals surface area contributed by atoms with Gasteiger partial charge in [0, 0.05) is 12.5 Å². The standard InChI is InChI=1S/C12H16N2O/c1-6-10-9(14(13-6)7(2)15)5-8-11(10)12(8,3)4/h8,11H,5H2,1-4H3/t8-,11-/m1/s1. The predicted octanol–water partition coefficient (Wildman–Crippen LogP) is 2.15. The summed E-state index contributed by atoms with van der Waals surface area (Å²) in [4.78, 5) is 11.4. The van der Waals surface area contributed by atoms with Gasteiger partial charge in [-0.15, -0.1) is 0 Å². The van der Waals surface area contributed by atoms with Gasteiger partial charge in [0.25, 0.3) is 0 Å². The summed E-state index contributed by atoms with van der Waals surface area (Å²) < 4.78 is 1.60. The van der Waals surface area contributed by atoms with E-state index in [0.29, 0.717) is 11.3 Å². The van der Waals surface area contributed by atoms with Gasteiger partial charge in [-0.25, -0.2) is 4.68 Å². The SMILES string of the molecule is CC(=O)n1nc(C)c2c1C[C@@H]1[C@H]2C1(C)C. The maximum absolute atomic E-state index is 11.4. The van der Waals surface area contributed by atoms with Gasteiger partial charge < -0.3 is 0 Å². The van der Waals surface area contributed by atoms with Crippen LogP contribution in [0.1, 0.15) is 48.4 Å². The first kappa shape index (κ1) is 9.13. The number of rotatable bonds is 0. The van der Waals surface area contributed by atoms with Crippen LogP contribution in [0, 0.1) is 18.3 Å². The predicted molar refractivity (Wildman–Crippen MR) is 57.0 cm³/mol. The molecule has 15 heavy (non-hydrogen) atoms. The lowest BCUT2D eigenvalue weighted by atomic mass is 9.98. The summed E-state index contributed by atoms with van der Waals surface area (Å²) in [5.41, 5.74) is 4.02. The van der Waals surface area contributed by atoms with Crippen molar-refractivity contribution in [1.29, 1.82) is 0 Å². The molecule has 2 atom stereocenters. The summed E-state index contributed by atoms with van der Waals surface area (Å²) >= 11 is 0. The maximum Gasteiger partial charge on any atom is 0.243 e. The molecular formula is C12H16N2O. The van der Waals surface area contributed by atoms with Crippen LogP contribution >= 0.6 is 0 Å². The number of nitrogens with zero attached hydrogens (tertiary/aromatic N) is 2. The zero-order valence-electron chi connectivity index (χ0n) is 9.66. The Bertz CT molecular complexity index is 470. The van der Waals surface area contributed by atoms with Crippen LogP contribution in [0.15, 0.2) is 0 Å². The second kappa shape index (κ2) is 2.34. The van der Waals surface area contributed by atoms with Crippen molar-refractivity contribution in [2.45, 2.75) is 40.0 Å². The third-order valence-electron chi connectivity index (χ3n) is 4.28. The van der Waals surface area contributed by atoms with Gasteiger partial charge in [0.15, 0.2) is 0 Å². The molecule has 1 fully saturated rings. The summed E-state index contributed by atoms with van der Waals surface area (Å²) in [6, 6.07) is 0. The van der Waals surface area contributed by atoms with Gasteiger partial charge in [0.1, 0.15) is 0 Å². The smallest absolute Gasteiger partial charge is 0.243 e. The van der Waals surface area contributed by atoms with E-state index < -0.39 is 0 Å². The maximum atomic E-state index is 11.4. The van der Waals surface area contributed by atoms with E-state index in [9.17, 15) is 4.79 Å². The molecule has 0 aromatic carbocycles. The van der Waals surface area contributed by atoms with Gasteiger partial charge in [0.05, 0.1) is 11.4 Å². The lowest BCUT2D eigenvalue weighted by Crippen LogP contribution is -2.13. The first-order valence-corrected chi connectivity index (χ1v) is 5.54. The van der Waals surface area contributed by atoms with Crippen molar-refractivity contribution in [3.05, 3.63) is 17.0 Å². The zero-order valence-corrected chi connectivity index (χ0v) is 9.66. The quantitative estimate of drug-likeness (QED) is 0.649. The van der Waals surface area contributed by atoms with E-state index in [4.69, 9.17) is 0 Å². The first-order valence-electron chi connectivity index (χ1n) is 5.54. The van der Waals surface area contributed by atoms with Crippen LogP contribution in [0.4, 0.5) is 0 Å². The first-order chi connectivity index (χ1) is 6.94. The monoisotopic (exact) mass is 204 g/mol. The van der Waals surface area contributed by atoms with Crippen molar-refractivity contribution < 1.29 is 4.79 Å². The average Bonchev–Trinajstić information content (AvgIpc) is 2.54. The largest absolute Gasteiger partial charge is 0.273 e. The molecule has 0 saturated heterocycles. The second-order valence-corrected chi connectivity index (χ2v) is 5.49. The van der Waals surface area contributed by atoms with E-state index in [2.05, 4.69) is 18.9 Å². The number of aromatic nitrogens is 2. The molecule has 2 aliphatic rings. The third-order valence-corrected chi connectivity index (χ3v) is 4.28. The molecule has 1 heterocycles. The van der Waals surface area contributed by atoms with E-state index in [-0.39, 0.29) is 5.91 Å². The summed E-state index contributed by atoms with van der Waals surface area (Å²) in [6.07, 6.45) is 1.04. The van der Waals surface area contributed by atoms with Gasteiger partial charge in [-0.05, 0) is 30.6 Å². The highest BCUT2D eigenvalue weighted by atomic mass is 16.2. The highest BCUT2D eigenvalue weighted by Crippen LogP contribution is 2.70. The van der Waals surface area contributed by atoms with Crippen LogP contribution in [0.5, 0.6) is 0 Å². The molecule has 0 amide bonds. The molecule has 0 N–H and O–H groups in total. The second-order valence-electron chi connectivity index (χ2n) is 5.49. The number of hydrogen-bond acceptors (Lipinski definition) is 2. The molecule has 3 heteroatoms. The molecule has 1 aromatic heterocycles. The van der Waals surface area contributed by atoms with Gasteiger partial charge in [-0.3, -0.25) is 4.79 Å². The van der Waals surface area contributed by atoms with E-state index in [0.717, 1.165) is 18.0 Å². The number of carbonyl (C=O) groups excluding carboxylic acids is 1. The molecule has 2 aliphatic carbocycles. The Morgan fingerprint density at radius 1 is 1.53 bits per heavy atom. The van der Waals surface area contributed by atoms with Crippen molar-refractivity contribution in [2.75, 3.05) is 0 Å². The minimum atomic E-state index is 0.0402. The molecule has 0 bridgehead atoms. The van der Waals surface area contributed by atoms with Crippen molar-refractivity contribution in [1.82, 2.24) is 9.78 Å². The lowest BCUT2D eigenvalue weighted by molar-refractivity contribution is 0.0917. The molecule has 0 spiro atoms. The number of carbonyl (C=O) groups is 1. The molecule has 1 aromatic rings. The summed E-state index contributed by atoms with van der Waals surface area (Å²) in [5.74, 6) is 1.44.